The first-order chi connectivity index (χ1) is 9.93. The summed E-state index contributed by atoms with van der Waals surface area (Å²) >= 11 is 3.04. The number of hydrogen-bond acceptors (Lipinski definition) is 5. The van der Waals surface area contributed by atoms with E-state index in [0.29, 0.717) is 0 Å². The molecule has 0 unspecified atom stereocenters. The van der Waals surface area contributed by atoms with Crippen LogP contribution >= 0.6 is 15.9 Å². The molecule has 22 heavy (non-hydrogen) atoms. The van der Waals surface area contributed by atoms with Crippen molar-refractivity contribution in [1.29, 1.82) is 0 Å². The molecule has 9 heteroatoms. The molecular weight excluding hydrogens is 369 g/mol. The summed E-state index contributed by atoms with van der Waals surface area (Å²) in [6, 6.07) is 1.30. The fourth-order valence-corrected chi connectivity index (χ4v) is 1.87. The quantitative estimate of drug-likeness (QED) is 0.800. The number of aromatic nitrogens is 1. The van der Waals surface area contributed by atoms with Gasteiger partial charge in [0.25, 0.3) is 0 Å². The van der Waals surface area contributed by atoms with Crippen LogP contribution in [0.4, 0.5) is 19.0 Å². The van der Waals surface area contributed by atoms with Crippen LogP contribution in [-0.4, -0.2) is 36.4 Å². The molecular formula is C13H16BrF3N2O3. The van der Waals surface area contributed by atoms with Crippen LogP contribution < -0.4 is 10.1 Å². The van der Waals surface area contributed by atoms with E-state index in [0.717, 1.165) is 0 Å². The van der Waals surface area contributed by atoms with Gasteiger partial charge in [-0.05, 0) is 42.8 Å². The van der Waals surface area contributed by atoms with Crippen LogP contribution in [0.1, 0.15) is 31.1 Å². The number of rotatable bonds is 4. The Labute approximate surface area is 134 Å². The van der Waals surface area contributed by atoms with Crippen LogP contribution in [0.5, 0.6) is 5.88 Å². The maximum Gasteiger partial charge on any atom is 0.422 e. The minimum Gasteiger partial charge on any atom is -0.467 e. The molecule has 124 valence electrons. The number of nitrogens with one attached hydrogen (secondary N) is 1. The van der Waals surface area contributed by atoms with Crippen molar-refractivity contribution in [3.63, 3.8) is 0 Å². The van der Waals surface area contributed by atoms with Gasteiger partial charge in [-0.15, -0.1) is 0 Å². The molecule has 5 nitrogen and oxygen atoms in total. The Bertz CT molecular complexity index is 557. The van der Waals surface area contributed by atoms with Crippen LogP contribution in [0.15, 0.2) is 10.5 Å². The van der Waals surface area contributed by atoms with Crippen molar-refractivity contribution >= 4 is 27.7 Å². The van der Waals surface area contributed by atoms with Crippen molar-refractivity contribution in [1.82, 2.24) is 4.98 Å². The highest BCUT2D eigenvalue weighted by molar-refractivity contribution is 9.10. The van der Waals surface area contributed by atoms with Crippen molar-refractivity contribution in [3.8, 4) is 5.88 Å². The lowest BCUT2D eigenvalue weighted by molar-refractivity contribution is -0.154. The summed E-state index contributed by atoms with van der Waals surface area (Å²) in [5.41, 5.74) is -0.381. The molecule has 1 N–H and O–H groups in total. The molecule has 0 aliphatic heterocycles. The van der Waals surface area contributed by atoms with Crippen LogP contribution in [0.2, 0.25) is 0 Å². The number of ether oxygens (including phenoxy) is 2. The van der Waals surface area contributed by atoms with Gasteiger partial charge in [-0.3, -0.25) is 0 Å². The lowest BCUT2D eigenvalue weighted by Gasteiger charge is -2.23. The third kappa shape index (κ3) is 5.70. The Kier molecular flexibility index (Phi) is 5.66. The summed E-state index contributed by atoms with van der Waals surface area (Å²) < 4.78 is 46.2. The molecule has 0 saturated carbocycles. The van der Waals surface area contributed by atoms with Gasteiger partial charge in [-0.1, -0.05) is 0 Å². The van der Waals surface area contributed by atoms with Crippen molar-refractivity contribution in [2.75, 3.05) is 19.0 Å². The summed E-state index contributed by atoms with van der Waals surface area (Å²) in [5.74, 6) is -0.848. The summed E-state index contributed by atoms with van der Waals surface area (Å²) in [7, 11) is 1.20. The number of halogens is 4. The first kappa shape index (κ1) is 18.5. The average molecular weight is 385 g/mol. The SMILES string of the molecule is COC(=O)c1cc(Br)c(OCC(F)(F)F)nc1NC(C)(C)C. The second-order valence-electron chi connectivity index (χ2n) is 5.44. The molecule has 1 rings (SSSR count). The first-order valence-electron chi connectivity index (χ1n) is 6.19. The number of anilines is 1. The summed E-state index contributed by atoms with van der Waals surface area (Å²) in [4.78, 5) is 15.7. The van der Waals surface area contributed by atoms with Crippen molar-refractivity contribution < 1.29 is 27.4 Å². The zero-order valence-corrected chi connectivity index (χ0v) is 14.1. The van der Waals surface area contributed by atoms with E-state index in [1.807, 2.05) is 20.8 Å². The van der Waals surface area contributed by atoms with Crippen LogP contribution in [0.25, 0.3) is 0 Å². The van der Waals surface area contributed by atoms with Gasteiger partial charge in [0.05, 0.1) is 11.6 Å². The third-order valence-electron chi connectivity index (χ3n) is 2.22. The normalized spacial score (nSPS) is 12.0. The average Bonchev–Trinajstić information content (AvgIpc) is 2.35. The van der Waals surface area contributed by atoms with E-state index in [1.165, 1.54) is 13.2 Å². The topological polar surface area (TPSA) is 60.5 Å². The Balaban J connectivity index is 3.21. The Morgan fingerprint density at radius 2 is 1.95 bits per heavy atom. The third-order valence-corrected chi connectivity index (χ3v) is 2.78. The highest BCUT2D eigenvalue weighted by atomic mass is 79.9. The maximum atomic E-state index is 12.2. The summed E-state index contributed by atoms with van der Waals surface area (Å²) in [6.45, 7) is 3.96. The zero-order valence-electron chi connectivity index (χ0n) is 12.5. The van der Waals surface area contributed by atoms with Gasteiger partial charge in [-0.25, -0.2) is 4.79 Å². The number of carbonyl (C=O) groups excluding carboxylic acids is 1. The van der Waals surface area contributed by atoms with Crippen molar-refractivity contribution in [2.45, 2.75) is 32.5 Å². The van der Waals surface area contributed by atoms with Crippen molar-refractivity contribution in [2.24, 2.45) is 0 Å². The van der Waals surface area contributed by atoms with Crippen molar-refractivity contribution in [3.05, 3.63) is 16.1 Å². The largest absolute Gasteiger partial charge is 0.467 e. The lowest BCUT2D eigenvalue weighted by atomic mass is 10.1. The molecule has 0 radical (unpaired) electrons. The highest BCUT2D eigenvalue weighted by Gasteiger charge is 2.30. The Morgan fingerprint density at radius 3 is 2.41 bits per heavy atom. The molecule has 1 aromatic heterocycles. The minimum absolute atomic E-state index is 0.0831. The molecule has 0 aliphatic carbocycles. The van der Waals surface area contributed by atoms with Gasteiger partial charge in [0.1, 0.15) is 11.4 Å². The number of esters is 1. The van der Waals surface area contributed by atoms with E-state index in [2.05, 4.69) is 35.7 Å². The molecule has 1 aromatic rings. The second kappa shape index (κ2) is 6.72. The Hall–Kier alpha value is -1.51. The molecule has 0 saturated heterocycles. The molecule has 1 heterocycles. The molecule has 0 aliphatic rings. The van der Waals surface area contributed by atoms with Gasteiger partial charge in [-0.2, -0.15) is 18.2 Å². The predicted octanol–water partition coefficient (Wildman–Crippen LogP) is 3.78. The predicted molar refractivity (Wildman–Crippen MR) is 78.2 cm³/mol. The van der Waals surface area contributed by atoms with E-state index in [9.17, 15) is 18.0 Å². The van der Waals surface area contributed by atoms with Crippen LogP contribution in [-0.2, 0) is 4.74 Å². The standard InChI is InChI=1S/C13H16BrF3N2O3/c1-12(2,3)19-9-7(11(20)21-4)5-8(14)10(18-9)22-6-13(15,16)17/h5H,6H2,1-4H3,(H,18,19). The van der Waals surface area contributed by atoms with E-state index >= 15 is 0 Å². The van der Waals surface area contributed by atoms with Gasteiger partial charge < -0.3 is 14.8 Å². The molecule has 0 aromatic carbocycles. The Morgan fingerprint density at radius 1 is 1.36 bits per heavy atom. The fourth-order valence-electron chi connectivity index (χ4n) is 1.44. The maximum absolute atomic E-state index is 12.2. The van der Waals surface area contributed by atoms with Gasteiger partial charge >= 0.3 is 12.1 Å². The van der Waals surface area contributed by atoms with Gasteiger partial charge in [0.2, 0.25) is 5.88 Å². The number of pyridine rings is 1. The van der Waals surface area contributed by atoms with E-state index in [4.69, 9.17) is 0 Å². The second-order valence-corrected chi connectivity index (χ2v) is 6.30. The number of hydrogen-bond donors (Lipinski definition) is 1. The number of methoxy groups -OCH3 is 1. The minimum atomic E-state index is -4.49. The molecule has 0 fully saturated rings. The van der Waals surface area contributed by atoms with Crippen LogP contribution in [0.3, 0.4) is 0 Å². The first-order valence-corrected chi connectivity index (χ1v) is 6.99. The highest BCUT2D eigenvalue weighted by Crippen LogP contribution is 2.31. The fraction of sp³-hybridized carbons (Fsp3) is 0.538. The monoisotopic (exact) mass is 384 g/mol. The zero-order chi connectivity index (χ0) is 17.1. The molecule has 0 spiro atoms. The number of carbonyl (C=O) groups is 1. The van der Waals surface area contributed by atoms with Gasteiger partial charge in [0, 0.05) is 5.54 Å². The van der Waals surface area contributed by atoms with E-state index < -0.39 is 24.3 Å². The van der Waals surface area contributed by atoms with E-state index in [1.54, 1.807) is 0 Å². The molecule has 0 atom stereocenters. The van der Waals surface area contributed by atoms with Crippen LogP contribution in [0, 0.1) is 0 Å². The molecule has 0 bridgehead atoms. The van der Waals surface area contributed by atoms with E-state index in [-0.39, 0.29) is 21.7 Å². The summed E-state index contributed by atoms with van der Waals surface area (Å²) in [5, 5.41) is 2.94. The smallest absolute Gasteiger partial charge is 0.422 e. The lowest BCUT2D eigenvalue weighted by Crippen LogP contribution is -2.28. The number of alkyl halides is 3. The number of nitrogens with zero attached hydrogens (tertiary/aromatic N) is 1. The van der Waals surface area contributed by atoms with Gasteiger partial charge in [0.15, 0.2) is 6.61 Å². The summed E-state index contributed by atoms with van der Waals surface area (Å²) in [6.07, 6.45) is -4.49. The molecule has 0 amide bonds.